The lowest BCUT2D eigenvalue weighted by Gasteiger charge is -2.16. The molecule has 0 amide bonds. The van der Waals surface area contributed by atoms with Gasteiger partial charge in [-0.05, 0) is 18.2 Å². The first-order valence-corrected chi connectivity index (χ1v) is 7.83. The number of carbonyl (C=O) groups excluding carboxylic acids is 1. The first-order valence-electron chi connectivity index (χ1n) is 6.95. The average molecular weight is 314 g/mol. The van der Waals surface area contributed by atoms with E-state index in [4.69, 9.17) is 0 Å². The topological polar surface area (TPSA) is 57.5 Å². The molecule has 0 bridgehead atoms. The molecule has 1 aromatic carbocycles. The van der Waals surface area contributed by atoms with E-state index >= 15 is 0 Å². The van der Waals surface area contributed by atoms with Crippen molar-refractivity contribution in [2.75, 3.05) is 13.1 Å². The Morgan fingerprint density at radius 1 is 1.32 bits per heavy atom. The van der Waals surface area contributed by atoms with Crippen LogP contribution in [0.1, 0.15) is 16.1 Å². The first kappa shape index (κ1) is 16.1. The number of hydrogen-bond donors (Lipinski definition) is 1. The normalized spacial score (nSPS) is 10.6. The Morgan fingerprint density at radius 3 is 2.64 bits per heavy atom. The summed E-state index contributed by atoms with van der Waals surface area (Å²) in [4.78, 5) is 16.2. The summed E-state index contributed by atoms with van der Waals surface area (Å²) < 4.78 is 0. The minimum Gasteiger partial charge on any atom is -0.543 e. The molecular formula is C17H18N2O2S. The summed E-state index contributed by atoms with van der Waals surface area (Å²) in [5.41, 5.74) is 2.07. The molecule has 1 heterocycles. The van der Waals surface area contributed by atoms with Gasteiger partial charge in [0.05, 0.1) is 24.8 Å². The minimum absolute atomic E-state index is 0.0176. The fourth-order valence-corrected chi connectivity index (χ4v) is 3.03. The van der Waals surface area contributed by atoms with E-state index in [0.29, 0.717) is 5.01 Å². The maximum atomic E-state index is 10.8. The zero-order chi connectivity index (χ0) is 15.9. The molecule has 5 heteroatoms. The number of nitrogens with zero attached hydrogens (tertiary/aromatic N) is 1. The predicted octanol–water partition coefficient (Wildman–Crippen LogP) is 0.930. The van der Waals surface area contributed by atoms with E-state index in [1.165, 1.54) is 27.2 Å². The molecule has 0 fully saturated rings. The van der Waals surface area contributed by atoms with Crippen LogP contribution >= 0.6 is 11.3 Å². The van der Waals surface area contributed by atoms with Gasteiger partial charge in [0.25, 0.3) is 0 Å². The van der Waals surface area contributed by atoms with Crippen molar-refractivity contribution in [1.29, 1.82) is 0 Å². The highest BCUT2D eigenvalue weighted by atomic mass is 32.1. The summed E-state index contributed by atoms with van der Waals surface area (Å²) in [6.07, 6.45) is 3.80. The fraction of sp³-hybridized carbons (Fsp3) is 0.176. The smallest absolute Gasteiger partial charge is 0.124 e. The highest BCUT2D eigenvalue weighted by Gasteiger charge is 2.09. The molecular weight excluding hydrogens is 296 g/mol. The second-order valence-electron chi connectivity index (χ2n) is 4.94. The minimum atomic E-state index is -1.24. The van der Waals surface area contributed by atoms with E-state index in [0.717, 1.165) is 25.2 Å². The number of carboxylic acid groups (broad SMARTS) is 1. The van der Waals surface area contributed by atoms with Crippen LogP contribution in [0, 0.1) is 0 Å². The van der Waals surface area contributed by atoms with Crippen molar-refractivity contribution in [1.82, 2.24) is 4.98 Å². The number of benzene rings is 1. The van der Waals surface area contributed by atoms with E-state index in [9.17, 15) is 9.90 Å². The summed E-state index contributed by atoms with van der Waals surface area (Å²) in [6, 6.07) is 8.00. The maximum absolute atomic E-state index is 10.8. The largest absolute Gasteiger partial charge is 0.543 e. The number of quaternary nitrogens is 1. The van der Waals surface area contributed by atoms with Crippen molar-refractivity contribution in [3.8, 4) is 10.6 Å². The Bertz CT molecular complexity index is 669. The van der Waals surface area contributed by atoms with Gasteiger partial charge in [0, 0.05) is 16.5 Å². The number of thiazole rings is 1. The van der Waals surface area contributed by atoms with Crippen LogP contribution < -0.4 is 10.0 Å². The summed E-state index contributed by atoms with van der Waals surface area (Å²) in [6.45, 7) is 10.1. The van der Waals surface area contributed by atoms with Gasteiger partial charge in [-0.25, -0.2) is 4.98 Å². The molecule has 0 aliphatic rings. The molecule has 22 heavy (non-hydrogen) atoms. The Kier molecular flexibility index (Phi) is 5.63. The van der Waals surface area contributed by atoms with Gasteiger partial charge in [-0.1, -0.05) is 31.4 Å². The van der Waals surface area contributed by atoms with Crippen LogP contribution in [0.5, 0.6) is 0 Å². The van der Waals surface area contributed by atoms with Gasteiger partial charge in [-0.3, -0.25) is 0 Å². The fourth-order valence-electron chi connectivity index (χ4n) is 2.24. The molecule has 2 rings (SSSR count). The molecule has 0 atom stereocenters. The first-order chi connectivity index (χ1) is 10.6. The Labute approximate surface area is 134 Å². The monoisotopic (exact) mass is 314 g/mol. The third kappa shape index (κ3) is 4.13. The zero-order valence-electron chi connectivity index (χ0n) is 12.2. The summed E-state index contributed by atoms with van der Waals surface area (Å²) >= 11 is 1.31. The number of carbonyl (C=O) groups is 1. The molecule has 0 saturated heterocycles. The van der Waals surface area contributed by atoms with Crippen LogP contribution in [0.25, 0.3) is 10.6 Å². The van der Waals surface area contributed by atoms with E-state index in [1.807, 2.05) is 30.4 Å². The SMILES string of the molecule is C=CC[NH+](CC=C)Cc1cccc(-c2nc(C(=O)[O-])cs2)c1. The van der Waals surface area contributed by atoms with Gasteiger partial charge < -0.3 is 14.8 Å². The van der Waals surface area contributed by atoms with Crippen LogP contribution in [0.4, 0.5) is 0 Å². The molecule has 114 valence electrons. The Morgan fingerprint density at radius 2 is 2.05 bits per heavy atom. The molecule has 2 aromatic rings. The lowest BCUT2D eigenvalue weighted by Crippen LogP contribution is -3.10. The Balaban J connectivity index is 2.19. The van der Waals surface area contributed by atoms with Crippen molar-refractivity contribution in [3.63, 3.8) is 0 Å². The number of aromatic carboxylic acids is 1. The van der Waals surface area contributed by atoms with Crippen LogP contribution in [0.3, 0.4) is 0 Å². The van der Waals surface area contributed by atoms with Gasteiger partial charge >= 0.3 is 0 Å². The highest BCUT2D eigenvalue weighted by molar-refractivity contribution is 7.13. The summed E-state index contributed by atoms with van der Waals surface area (Å²) in [7, 11) is 0. The Hall–Kier alpha value is -2.24. The molecule has 1 aromatic heterocycles. The van der Waals surface area contributed by atoms with Crippen molar-refractivity contribution in [3.05, 3.63) is 66.2 Å². The average Bonchev–Trinajstić information content (AvgIpc) is 2.98. The molecule has 0 aliphatic carbocycles. The van der Waals surface area contributed by atoms with E-state index in [2.05, 4.69) is 24.2 Å². The number of rotatable bonds is 8. The van der Waals surface area contributed by atoms with Crippen molar-refractivity contribution >= 4 is 17.3 Å². The maximum Gasteiger partial charge on any atom is 0.124 e. The second-order valence-corrected chi connectivity index (χ2v) is 5.80. The summed E-state index contributed by atoms with van der Waals surface area (Å²) in [5.74, 6) is -1.24. The van der Waals surface area contributed by atoms with Crippen LogP contribution in [0.2, 0.25) is 0 Å². The van der Waals surface area contributed by atoms with Crippen LogP contribution in [0.15, 0.2) is 55.0 Å². The second kappa shape index (κ2) is 7.68. The third-order valence-electron chi connectivity index (χ3n) is 3.21. The molecule has 0 saturated carbocycles. The molecule has 0 spiro atoms. The van der Waals surface area contributed by atoms with Crippen molar-refractivity contribution in [2.24, 2.45) is 0 Å². The van der Waals surface area contributed by atoms with Gasteiger partial charge in [0.15, 0.2) is 0 Å². The number of nitrogens with one attached hydrogen (secondary N) is 1. The quantitative estimate of drug-likeness (QED) is 0.738. The van der Waals surface area contributed by atoms with Crippen molar-refractivity contribution in [2.45, 2.75) is 6.54 Å². The lowest BCUT2D eigenvalue weighted by molar-refractivity contribution is -0.902. The molecule has 1 N–H and O–H groups in total. The standard InChI is InChI=1S/C17H18N2O2S/c1-3-8-19(9-4-2)11-13-6-5-7-14(10-13)16-18-15(12-22-16)17(20)21/h3-7,10,12H,1-2,8-9,11H2,(H,20,21). The predicted molar refractivity (Wildman–Crippen MR) is 86.7 cm³/mol. The third-order valence-corrected chi connectivity index (χ3v) is 4.10. The summed E-state index contributed by atoms with van der Waals surface area (Å²) in [5, 5.41) is 13.0. The van der Waals surface area contributed by atoms with E-state index in [-0.39, 0.29) is 5.69 Å². The van der Waals surface area contributed by atoms with Gasteiger partial charge in [0.1, 0.15) is 11.6 Å². The molecule has 0 aliphatic heterocycles. The lowest BCUT2D eigenvalue weighted by atomic mass is 10.1. The van der Waals surface area contributed by atoms with Crippen LogP contribution in [-0.4, -0.2) is 24.0 Å². The molecule has 0 unspecified atom stereocenters. The van der Waals surface area contributed by atoms with Gasteiger partial charge in [-0.15, -0.1) is 11.3 Å². The van der Waals surface area contributed by atoms with Crippen molar-refractivity contribution < 1.29 is 14.8 Å². The zero-order valence-corrected chi connectivity index (χ0v) is 13.1. The molecule has 4 nitrogen and oxygen atoms in total. The number of aromatic nitrogens is 1. The number of carboxylic acids is 1. The molecule has 0 radical (unpaired) electrons. The highest BCUT2D eigenvalue weighted by Crippen LogP contribution is 2.24. The number of hydrogen-bond acceptors (Lipinski definition) is 4. The van der Waals surface area contributed by atoms with E-state index < -0.39 is 5.97 Å². The van der Waals surface area contributed by atoms with Gasteiger partial charge in [0.2, 0.25) is 0 Å². The van der Waals surface area contributed by atoms with E-state index in [1.54, 1.807) is 0 Å². The van der Waals surface area contributed by atoms with Gasteiger partial charge in [-0.2, -0.15) is 0 Å². The van der Waals surface area contributed by atoms with Crippen LogP contribution in [-0.2, 0) is 6.54 Å².